The number of hydrogen-bond acceptors (Lipinski definition) is 3. The number of nitrogens with one attached hydrogen (secondary N) is 1. The maximum Gasteiger partial charge on any atom is 0.0595 e. The number of rotatable bonds is 5. The van der Waals surface area contributed by atoms with Crippen molar-refractivity contribution in [3.63, 3.8) is 0 Å². The summed E-state index contributed by atoms with van der Waals surface area (Å²) < 4.78 is 0. The van der Waals surface area contributed by atoms with Gasteiger partial charge in [-0.1, -0.05) is 13.8 Å². The van der Waals surface area contributed by atoms with Gasteiger partial charge < -0.3 is 10.2 Å². The van der Waals surface area contributed by atoms with Crippen LogP contribution in [0.1, 0.15) is 26.3 Å². The molecule has 1 N–H and O–H groups in total. The largest absolute Gasteiger partial charge is 0.373 e. The van der Waals surface area contributed by atoms with Gasteiger partial charge in [0.1, 0.15) is 0 Å². The molecule has 1 aromatic heterocycles. The molecule has 0 radical (unpaired) electrons. The van der Waals surface area contributed by atoms with Gasteiger partial charge in [-0.05, 0) is 18.6 Å². The first-order valence-corrected chi connectivity index (χ1v) is 5.52. The molecule has 84 valence electrons. The van der Waals surface area contributed by atoms with Crippen molar-refractivity contribution < 1.29 is 0 Å². The summed E-state index contributed by atoms with van der Waals surface area (Å²) in [5, 5.41) is 3.43. The molecule has 1 heterocycles. The molecule has 0 atom stereocenters. The van der Waals surface area contributed by atoms with E-state index in [2.05, 4.69) is 49.1 Å². The van der Waals surface area contributed by atoms with Gasteiger partial charge in [0.25, 0.3) is 0 Å². The summed E-state index contributed by atoms with van der Waals surface area (Å²) in [7, 11) is 2.09. The summed E-state index contributed by atoms with van der Waals surface area (Å²) in [6.45, 7) is 8.36. The second-order valence-corrected chi connectivity index (χ2v) is 4.05. The average molecular weight is 207 g/mol. The Morgan fingerprint density at radius 3 is 2.80 bits per heavy atom. The summed E-state index contributed by atoms with van der Waals surface area (Å²) in [6.07, 6.45) is 3.78. The topological polar surface area (TPSA) is 28.2 Å². The van der Waals surface area contributed by atoms with E-state index in [-0.39, 0.29) is 0 Å². The molecule has 0 aliphatic rings. The number of anilines is 1. The standard InChI is InChI=1S/C12H21N3/c1-5-15(4)12-9-13-7-6-11(12)8-14-10(2)3/h6-7,9-10,14H,5,8H2,1-4H3. The number of aromatic nitrogens is 1. The Labute approximate surface area is 92.5 Å². The Bertz CT molecular complexity index is 297. The number of nitrogens with zero attached hydrogens (tertiary/aromatic N) is 2. The van der Waals surface area contributed by atoms with Crippen LogP contribution in [-0.2, 0) is 6.54 Å². The molecule has 0 bridgehead atoms. The van der Waals surface area contributed by atoms with E-state index in [0.717, 1.165) is 13.1 Å². The van der Waals surface area contributed by atoms with Crippen molar-refractivity contribution in [1.29, 1.82) is 0 Å². The van der Waals surface area contributed by atoms with Crippen molar-refractivity contribution >= 4 is 5.69 Å². The summed E-state index contributed by atoms with van der Waals surface area (Å²) in [5.41, 5.74) is 2.52. The van der Waals surface area contributed by atoms with Crippen molar-refractivity contribution in [2.24, 2.45) is 0 Å². The summed E-state index contributed by atoms with van der Waals surface area (Å²) in [6, 6.07) is 2.59. The van der Waals surface area contributed by atoms with Gasteiger partial charge in [-0.15, -0.1) is 0 Å². The van der Waals surface area contributed by atoms with Crippen molar-refractivity contribution in [2.75, 3.05) is 18.5 Å². The third kappa shape index (κ3) is 3.51. The Morgan fingerprint density at radius 2 is 2.20 bits per heavy atom. The summed E-state index contributed by atoms with van der Waals surface area (Å²) in [5.74, 6) is 0. The minimum absolute atomic E-state index is 0.512. The van der Waals surface area contributed by atoms with Crippen LogP contribution >= 0.6 is 0 Å². The van der Waals surface area contributed by atoms with Crippen molar-refractivity contribution in [3.05, 3.63) is 24.0 Å². The first-order chi connectivity index (χ1) is 7.15. The van der Waals surface area contributed by atoms with E-state index in [1.54, 1.807) is 0 Å². The third-order valence-corrected chi connectivity index (χ3v) is 2.47. The predicted molar refractivity (Wildman–Crippen MR) is 65.2 cm³/mol. The fourth-order valence-corrected chi connectivity index (χ4v) is 1.39. The van der Waals surface area contributed by atoms with Gasteiger partial charge in [0.15, 0.2) is 0 Å². The normalized spacial score (nSPS) is 10.7. The van der Waals surface area contributed by atoms with E-state index >= 15 is 0 Å². The fourth-order valence-electron chi connectivity index (χ4n) is 1.39. The van der Waals surface area contributed by atoms with E-state index in [1.807, 2.05) is 12.4 Å². The maximum atomic E-state index is 4.17. The lowest BCUT2D eigenvalue weighted by Crippen LogP contribution is -2.24. The van der Waals surface area contributed by atoms with Crippen molar-refractivity contribution in [2.45, 2.75) is 33.4 Å². The van der Waals surface area contributed by atoms with Crippen LogP contribution in [0.5, 0.6) is 0 Å². The monoisotopic (exact) mass is 207 g/mol. The van der Waals surface area contributed by atoms with Gasteiger partial charge in [0.2, 0.25) is 0 Å². The molecule has 0 fully saturated rings. The lowest BCUT2D eigenvalue weighted by Gasteiger charge is -2.20. The van der Waals surface area contributed by atoms with Crippen LogP contribution in [0.2, 0.25) is 0 Å². The van der Waals surface area contributed by atoms with E-state index in [9.17, 15) is 0 Å². The van der Waals surface area contributed by atoms with Crippen LogP contribution in [0, 0.1) is 0 Å². The molecule has 3 nitrogen and oxygen atoms in total. The highest BCUT2D eigenvalue weighted by molar-refractivity contribution is 5.50. The highest BCUT2D eigenvalue weighted by Gasteiger charge is 2.05. The lowest BCUT2D eigenvalue weighted by atomic mass is 10.2. The molecule has 0 saturated heterocycles. The molecule has 3 heteroatoms. The fraction of sp³-hybridized carbons (Fsp3) is 0.583. The Hall–Kier alpha value is -1.09. The zero-order chi connectivity index (χ0) is 11.3. The molecule has 1 aromatic rings. The smallest absolute Gasteiger partial charge is 0.0595 e. The van der Waals surface area contributed by atoms with Crippen molar-refractivity contribution in [1.82, 2.24) is 10.3 Å². The molecule has 0 spiro atoms. The maximum absolute atomic E-state index is 4.17. The summed E-state index contributed by atoms with van der Waals surface area (Å²) >= 11 is 0. The van der Waals surface area contributed by atoms with Gasteiger partial charge in [0.05, 0.1) is 11.9 Å². The van der Waals surface area contributed by atoms with E-state index in [1.165, 1.54) is 11.3 Å². The molecular weight excluding hydrogens is 186 g/mol. The molecule has 0 aliphatic heterocycles. The lowest BCUT2D eigenvalue weighted by molar-refractivity contribution is 0.588. The molecule has 0 saturated carbocycles. The van der Waals surface area contributed by atoms with Crippen LogP contribution in [0.4, 0.5) is 5.69 Å². The van der Waals surface area contributed by atoms with Gasteiger partial charge in [-0.3, -0.25) is 4.98 Å². The minimum atomic E-state index is 0.512. The molecule has 0 unspecified atom stereocenters. The quantitative estimate of drug-likeness (QED) is 0.801. The average Bonchev–Trinajstić information content (AvgIpc) is 2.25. The van der Waals surface area contributed by atoms with Crippen LogP contribution in [0.3, 0.4) is 0 Å². The second kappa shape index (κ2) is 5.71. The van der Waals surface area contributed by atoms with E-state index < -0.39 is 0 Å². The first kappa shape index (κ1) is 12.0. The van der Waals surface area contributed by atoms with Crippen LogP contribution in [0.25, 0.3) is 0 Å². The molecule has 0 aliphatic carbocycles. The van der Waals surface area contributed by atoms with E-state index in [0.29, 0.717) is 6.04 Å². The van der Waals surface area contributed by atoms with Crippen LogP contribution < -0.4 is 10.2 Å². The molecule has 0 amide bonds. The molecule has 0 aromatic carbocycles. The Morgan fingerprint density at radius 1 is 1.47 bits per heavy atom. The van der Waals surface area contributed by atoms with Crippen molar-refractivity contribution in [3.8, 4) is 0 Å². The van der Waals surface area contributed by atoms with Crippen LogP contribution in [-0.4, -0.2) is 24.6 Å². The zero-order valence-electron chi connectivity index (χ0n) is 10.1. The Kier molecular flexibility index (Phi) is 4.56. The SMILES string of the molecule is CCN(C)c1cnccc1CNC(C)C. The van der Waals surface area contributed by atoms with E-state index in [4.69, 9.17) is 0 Å². The minimum Gasteiger partial charge on any atom is -0.373 e. The highest BCUT2D eigenvalue weighted by Crippen LogP contribution is 2.17. The first-order valence-electron chi connectivity index (χ1n) is 5.52. The van der Waals surface area contributed by atoms with Gasteiger partial charge in [0, 0.05) is 32.4 Å². The number of pyridine rings is 1. The zero-order valence-corrected chi connectivity index (χ0v) is 10.1. The Balaban J connectivity index is 2.77. The second-order valence-electron chi connectivity index (χ2n) is 4.05. The molecule has 1 rings (SSSR count). The number of hydrogen-bond donors (Lipinski definition) is 1. The molecule has 15 heavy (non-hydrogen) atoms. The summed E-state index contributed by atoms with van der Waals surface area (Å²) in [4.78, 5) is 6.38. The predicted octanol–water partition coefficient (Wildman–Crippen LogP) is 2.04. The third-order valence-electron chi connectivity index (χ3n) is 2.47. The van der Waals surface area contributed by atoms with Gasteiger partial charge in [-0.25, -0.2) is 0 Å². The van der Waals surface area contributed by atoms with Crippen LogP contribution in [0.15, 0.2) is 18.5 Å². The molecular formula is C12H21N3. The highest BCUT2D eigenvalue weighted by atomic mass is 15.1. The van der Waals surface area contributed by atoms with Gasteiger partial charge >= 0.3 is 0 Å². The van der Waals surface area contributed by atoms with Gasteiger partial charge in [-0.2, -0.15) is 0 Å².